The zero-order valence-electron chi connectivity index (χ0n) is 12.9. The van der Waals surface area contributed by atoms with Gasteiger partial charge in [-0.1, -0.05) is 44.5 Å². The van der Waals surface area contributed by atoms with E-state index in [-0.39, 0.29) is 17.7 Å². The van der Waals surface area contributed by atoms with Crippen molar-refractivity contribution in [1.82, 2.24) is 10.2 Å². The molecule has 1 aliphatic heterocycles. The summed E-state index contributed by atoms with van der Waals surface area (Å²) in [7, 11) is 0. The van der Waals surface area contributed by atoms with Gasteiger partial charge in [0.05, 0.1) is 12.6 Å². The molecule has 114 valence electrons. The molecular formula is C17H24N2O2. The Hall–Kier alpha value is -1.68. The van der Waals surface area contributed by atoms with Crippen molar-refractivity contribution in [3.8, 4) is 0 Å². The topological polar surface area (TPSA) is 49.4 Å². The van der Waals surface area contributed by atoms with E-state index < -0.39 is 0 Å². The molecule has 4 nitrogen and oxygen atoms in total. The molecule has 0 radical (unpaired) electrons. The maximum Gasteiger partial charge on any atom is 0.237 e. The number of aryl methyl sites for hydroxylation is 1. The third-order valence-electron chi connectivity index (χ3n) is 3.99. The number of carbonyl (C=O) groups excluding carboxylic acids is 2. The van der Waals surface area contributed by atoms with E-state index in [1.807, 2.05) is 36.1 Å². The summed E-state index contributed by atoms with van der Waals surface area (Å²) in [5.41, 5.74) is 1.99. The van der Waals surface area contributed by atoms with E-state index in [0.717, 1.165) is 31.4 Å². The molecular weight excluding hydrogens is 264 g/mol. The van der Waals surface area contributed by atoms with Gasteiger partial charge in [0, 0.05) is 18.7 Å². The van der Waals surface area contributed by atoms with Crippen molar-refractivity contribution in [3.05, 3.63) is 35.4 Å². The Morgan fingerprint density at radius 3 is 2.62 bits per heavy atom. The number of hydrogen-bond acceptors (Lipinski definition) is 3. The van der Waals surface area contributed by atoms with Crippen LogP contribution in [0.25, 0.3) is 0 Å². The minimum atomic E-state index is -0.179. The van der Waals surface area contributed by atoms with Gasteiger partial charge in [-0.2, -0.15) is 0 Å². The second-order valence-corrected chi connectivity index (χ2v) is 5.56. The first kappa shape index (κ1) is 15.7. The highest BCUT2D eigenvalue weighted by molar-refractivity contribution is 5.98. The van der Waals surface area contributed by atoms with Crippen LogP contribution in [0, 0.1) is 0 Å². The van der Waals surface area contributed by atoms with Crippen molar-refractivity contribution in [2.45, 2.75) is 39.2 Å². The van der Waals surface area contributed by atoms with Crippen LogP contribution in [0.1, 0.15) is 42.6 Å². The first-order valence-electron chi connectivity index (χ1n) is 7.79. The van der Waals surface area contributed by atoms with E-state index >= 15 is 0 Å². The number of piperazine rings is 1. The van der Waals surface area contributed by atoms with E-state index in [9.17, 15) is 9.59 Å². The Morgan fingerprint density at radius 2 is 2.00 bits per heavy atom. The maximum atomic E-state index is 12.4. The fraction of sp³-hybridized carbons (Fsp3) is 0.529. The lowest BCUT2D eigenvalue weighted by Crippen LogP contribution is -2.56. The third-order valence-corrected chi connectivity index (χ3v) is 3.99. The minimum absolute atomic E-state index is 0.0369. The quantitative estimate of drug-likeness (QED) is 0.815. The Bertz CT molecular complexity index is 496. The molecule has 1 aliphatic rings. The number of nitrogens with one attached hydrogen (secondary N) is 1. The molecule has 1 heterocycles. The lowest BCUT2D eigenvalue weighted by Gasteiger charge is -2.33. The van der Waals surface area contributed by atoms with E-state index in [1.54, 1.807) is 0 Å². The van der Waals surface area contributed by atoms with Gasteiger partial charge in [-0.25, -0.2) is 0 Å². The molecule has 1 N–H and O–H groups in total. The van der Waals surface area contributed by atoms with Crippen molar-refractivity contribution in [2.75, 3.05) is 19.6 Å². The van der Waals surface area contributed by atoms with Gasteiger partial charge in [0.25, 0.3) is 0 Å². The molecule has 0 aromatic heterocycles. The standard InChI is InChI=1S/C17H24N2O2/c1-3-5-13-6-8-14(9-7-13)16(20)12-19-11-10-18-17(21)15(19)4-2/h6-9,15H,3-5,10-12H2,1-2H3,(H,18,21). The predicted molar refractivity (Wildman–Crippen MR) is 83.4 cm³/mol. The van der Waals surface area contributed by atoms with Gasteiger partial charge in [0.1, 0.15) is 0 Å². The first-order chi connectivity index (χ1) is 10.2. The largest absolute Gasteiger partial charge is 0.353 e. The minimum Gasteiger partial charge on any atom is -0.353 e. The maximum absolute atomic E-state index is 12.4. The Kier molecular flexibility index (Phi) is 5.51. The number of carbonyl (C=O) groups is 2. The highest BCUT2D eigenvalue weighted by Crippen LogP contribution is 2.12. The summed E-state index contributed by atoms with van der Waals surface area (Å²) in [5, 5.41) is 2.86. The van der Waals surface area contributed by atoms with E-state index in [0.29, 0.717) is 13.1 Å². The summed E-state index contributed by atoms with van der Waals surface area (Å²) in [6, 6.07) is 7.67. The van der Waals surface area contributed by atoms with Crippen LogP contribution in [0.3, 0.4) is 0 Å². The molecule has 1 aromatic carbocycles. The SMILES string of the molecule is CCCc1ccc(C(=O)CN2CCNC(=O)C2CC)cc1. The summed E-state index contributed by atoms with van der Waals surface area (Å²) in [6.45, 7) is 5.80. The molecule has 2 rings (SSSR count). The van der Waals surface area contributed by atoms with Crippen LogP contribution in [0.5, 0.6) is 0 Å². The lowest BCUT2D eigenvalue weighted by atomic mass is 10.0. The molecule has 1 fully saturated rings. The van der Waals surface area contributed by atoms with Crippen molar-refractivity contribution >= 4 is 11.7 Å². The number of hydrogen-bond donors (Lipinski definition) is 1. The van der Waals surface area contributed by atoms with Crippen molar-refractivity contribution < 1.29 is 9.59 Å². The smallest absolute Gasteiger partial charge is 0.237 e. The molecule has 0 aliphatic carbocycles. The highest BCUT2D eigenvalue weighted by Gasteiger charge is 2.29. The summed E-state index contributed by atoms with van der Waals surface area (Å²) < 4.78 is 0. The van der Waals surface area contributed by atoms with E-state index in [1.165, 1.54) is 5.56 Å². The fourth-order valence-corrected chi connectivity index (χ4v) is 2.82. The van der Waals surface area contributed by atoms with Crippen LogP contribution in [0.2, 0.25) is 0 Å². The lowest BCUT2D eigenvalue weighted by molar-refractivity contribution is -0.128. The molecule has 0 saturated carbocycles. The normalized spacial score (nSPS) is 19.3. The first-order valence-corrected chi connectivity index (χ1v) is 7.79. The summed E-state index contributed by atoms with van der Waals surface area (Å²) in [5.74, 6) is 0.126. The van der Waals surface area contributed by atoms with Crippen LogP contribution < -0.4 is 5.32 Å². The Morgan fingerprint density at radius 1 is 1.29 bits per heavy atom. The Labute approximate surface area is 126 Å². The number of nitrogens with zero attached hydrogens (tertiary/aromatic N) is 1. The van der Waals surface area contributed by atoms with E-state index in [4.69, 9.17) is 0 Å². The fourth-order valence-electron chi connectivity index (χ4n) is 2.82. The van der Waals surface area contributed by atoms with Gasteiger partial charge < -0.3 is 5.32 Å². The van der Waals surface area contributed by atoms with Gasteiger partial charge in [0.15, 0.2) is 5.78 Å². The van der Waals surface area contributed by atoms with Crippen LogP contribution >= 0.6 is 0 Å². The van der Waals surface area contributed by atoms with Gasteiger partial charge in [0.2, 0.25) is 5.91 Å². The Balaban J connectivity index is 2.01. The number of ketones is 1. The van der Waals surface area contributed by atoms with Crippen molar-refractivity contribution in [2.24, 2.45) is 0 Å². The number of rotatable bonds is 6. The number of Topliss-reactive ketones (excluding diaryl/α,β-unsaturated/α-hetero) is 1. The molecule has 1 saturated heterocycles. The average Bonchev–Trinajstić information content (AvgIpc) is 2.48. The molecule has 1 unspecified atom stereocenters. The number of benzene rings is 1. The van der Waals surface area contributed by atoms with Gasteiger partial charge in [-0.3, -0.25) is 14.5 Å². The molecule has 21 heavy (non-hydrogen) atoms. The molecule has 4 heteroatoms. The van der Waals surface area contributed by atoms with Crippen LogP contribution in [-0.2, 0) is 11.2 Å². The zero-order chi connectivity index (χ0) is 15.2. The van der Waals surface area contributed by atoms with Gasteiger partial charge >= 0.3 is 0 Å². The average molecular weight is 288 g/mol. The summed E-state index contributed by atoms with van der Waals surface area (Å²) in [6.07, 6.45) is 2.88. The van der Waals surface area contributed by atoms with Crippen LogP contribution in [0.15, 0.2) is 24.3 Å². The van der Waals surface area contributed by atoms with E-state index in [2.05, 4.69) is 12.2 Å². The second-order valence-electron chi connectivity index (χ2n) is 5.56. The molecule has 1 amide bonds. The molecule has 1 aromatic rings. The molecule has 0 spiro atoms. The van der Waals surface area contributed by atoms with Gasteiger partial charge in [-0.15, -0.1) is 0 Å². The third kappa shape index (κ3) is 3.91. The summed E-state index contributed by atoms with van der Waals surface area (Å²) in [4.78, 5) is 26.2. The molecule has 0 bridgehead atoms. The highest BCUT2D eigenvalue weighted by atomic mass is 16.2. The van der Waals surface area contributed by atoms with Crippen molar-refractivity contribution in [1.29, 1.82) is 0 Å². The second kappa shape index (κ2) is 7.36. The monoisotopic (exact) mass is 288 g/mol. The summed E-state index contributed by atoms with van der Waals surface area (Å²) >= 11 is 0. The zero-order valence-corrected chi connectivity index (χ0v) is 12.9. The predicted octanol–water partition coefficient (Wildman–Crippen LogP) is 2.03. The van der Waals surface area contributed by atoms with Crippen LogP contribution in [-0.4, -0.2) is 42.3 Å². The van der Waals surface area contributed by atoms with Crippen molar-refractivity contribution in [3.63, 3.8) is 0 Å². The van der Waals surface area contributed by atoms with Gasteiger partial charge in [-0.05, 0) is 18.4 Å². The van der Waals surface area contributed by atoms with Crippen LogP contribution in [0.4, 0.5) is 0 Å². The molecule has 1 atom stereocenters. The number of amides is 1.